The van der Waals surface area contributed by atoms with E-state index in [-0.39, 0.29) is 29.2 Å². The van der Waals surface area contributed by atoms with E-state index >= 15 is 0 Å². The molecule has 1 saturated carbocycles. The second-order valence-electron chi connectivity index (χ2n) is 10.2. The summed E-state index contributed by atoms with van der Waals surface area (Å²) in [7, 11) is 0. The molecule has 0 aromatic carbocycles. The van der Waals surface area contributed by atoms with E-state index in [1.54, 1.807) is 20.8 Å². The quantitative estimate of drug-likeness (QED) is 0.352. The van der Waals surface area contributed by atoms with Gasteiger partial charge in [0.2, 0.25) is 5.78 Å². The molecule has 1 aromatic rings. The summed E-state index contributed by atoms with van der Waals surface area (Å²) in [5, 5.41) is 2.80. The van der Waals surface area contributed by atoms with E-state index in [0.29, 0.717) is 24.1 Å². The first-order valence-corrected chi connectivity index (χ1v) is 11.5. The smallest absolute Gasteiger partial charge is 0.340 e. The lowest BCUT2D eigenvalue weighted by Crippen LogP contribution is -2.54. The van der Waals surface area contributed by atoms with E-state index in [1.165, 1.54) is 0 Å². The Hall–Kier alpha value is -3.17. The molecular formula is C24H33N3O7. The van der Waals surface area contributed by atoms with Crippen molar-refractivity contribution in [2.24, 2.45) is 11.3 Å². The fourth-order valence-corrected chi connectivity index (χ4v) is 5.58. The highest BCUT2D eigenvalue weighted by atomic mass is 16.5. The third kappa shape index (κ3) is 4.85. The third-order valence-electron chi connectivity index (χ3n) is 6.47. The number of hydrogen-bond donors (Lipinski definition) is 2. The fourth-order valence-electron chi connectivity index (χ4n) is 5.58. The number of aryl methyl sites for hydroxylation is 1. The van der Waals surface area contributed by atoms with Gasteiger partial charge < -0.3 is 19.8 Å². The number of imide groups is 1. The Kier molecular flexibility index (Phi) is 6.91. The molecule has 2 aliphatic rings. The Balaban J connectivity index is 1.63. The average molecular weight is 476 g/mol. The SMILES string of the molecule is CCOC(=O)c1c(C)[nH]c(C(=O)COC(=O)CN2C(=O)N[C@@]3(C[C@H](C)CC(C)(C)C3)C2=O)c1C. The minimum absolute atomic E-state index is 0.127. The van der Waals surface area contributed by atoms with Gasteiger partial charge in [-0.1, -0.05) is 20.8 Å². The molecule has 10 nitrogen and oxygen atoms in total. The number of aromatic nitrogens is 1. The van der Waals surface area contributed by atoms with Crippen LogP contribution < -0.4 is 5.32 Å². The van der Waals surface area contributed by atoms with Crippen molar-refractivity contribution >= 4 is 29.7 Å². The van der Waals surface area contributed by atoms with Gasteiger partial charge in [-0.25, -0.2) is 9.59 Å². The topological polar surface area (TPSA) is 135 Å². The molecule has 1 saturated heterocycles. The van der Waals surface area contributed by atoms with E-state index < -0.39 is 48.4 Å². The Morgan fingerprint density at radius 2 is 1.79 bits per heavy atom. The summed E-state index contributed by atoms with van der Waals surface area (Å²) in [5.74, 6) is -2.15. The molecule has 1 spiro atoms. The number of nitrogens with one attached hydrogen (secondary N) is 2. The van der Waals surface area contributed by atoms with Crippen LogP contribution in [0.5, 0.6) is 0 Å². The maximum atomic E-state index is 13.1. The molecule has 2 heterocycles. The number of esters is 2. The molecule has 2 atom stereocenters. The lowest BCUT2D eigenvalue weighted by Gasteiger charge is -2.43. The highest BCUT2D eigenvalue weighted by molar-refractivity contribution is 6.09. The molecular weight excluding hydrogens is 442 g/mol. The van der Waals surface area contributed by atoms with Crippen molar-refractivity contribution in [2.75, 3.05) is 19.8 Å². The van der Waals surface area contributed by atoms with Gasteiger partial charge >= 0.3 is 18.0 Å². The standard InChI is InChI=1S/C24H33N3O7/c1-7-33-20(30)18-14(3)19(25-15(18)4)16(28)11-34-17(29)10-27-21(31)24(26-22(27)32)9-13(2)8-23(5,6)12-24/h13,25H,7-12H2,1-6H3,(H,26,32)/t13-,24-/m1/s1. The van der Waals surface area contributed by atoms with Gasteiger partial charge in [0.15, 0.2) is 6.61 Å². The van der Waals surface area contributed by atoms with Crippen molar-refractivity contribution in [2.45, 2.75) is 66.3 Å². The highest BCUT2D eigenvalue weighted by Crippen LogP contribution is 2.46. The third-order valence-corrected chi connectivity index (χ3v) is 6.47. The van der Waals surface area contributed by atoms with Crippen molar-refractivity contribution < 1.29 is 33.4 Å². The van der Waals surface area contributed by atoms with Crippen LogP contribution in [-0.2, 0) is 19.1 Å². The lowest BCUT2D eigenvalue weighted by molar-refractivity contribution is -0.147. The summed E-state index contributed by atoms with van der Waals surface area (Å²) in [6.07, 6.45) is 1.95. The normalized spacial score (nSPS) is 23.7. The molecule has 0 unspecified atom stereocenters. The maximum absolute atomic E-state index is 13.1. The molecule has 1 aliphatic carbocycles. The first kappa shape index (κ1) is 25.5. The summed E-state index contributed by atoms with van der Waals surface area (Å²) in [6, 6.07) is -0.631. The number of amides is 3. The van der Waals surface area contributed by atoms with Gasteiger partial charge in [-0.15, -0.1) is 0 Å². The van der Waals surface area contributed by atoms with Crippen LogP contribution in [-0.4, -0.2) is 64.8 Å². The van der Waals surface area contributed by atoms with Crippen molar-refractivity contribution in [3.63, 3.8) is 0 Å². The molecule has 2 N–H and O–H groups in total. The summed E-state index contributed by atoms with van der Waals surface area (Å²) < 4.78 is 10.1. The molecule has 3 rings (SSSR count). The number of carbonyl (C=O) groups excluding carboxylic acids is 5. The molecule has 186 valence electrons. The molecule has 2 fully saturated rings. The number of H-pyrrole nitrogens is 1. The van der Waals surface area contributed by atoms with Crippen LogP contribution >= 0.6 is 0 Å². The van der Waals surface area contributed by atoms with Gasteiger partial charge in [0.25, 0.3) is 5.91 Å². The predicted octanol–water partition coefficient (Wildman–Crippen LogP) is 2.67. The van der Waals surface area contributed by atoms with Gasteiger partial charge in [0, 0.05) is 5.69 Å². The number of carbonyl (C=O) groups is 5. The van der Waals surface area contributed by atoms with Crippen LogP contribution in [0.1, 0.15) is 79.1 Å². The highest BCUT2D eigenvalue weighted by Gasteiger charge is 2.56. The predicted molar refractivity (Wildman–Crippen MR) is 121 cm³/mol. The zero-order valence-corrected chi connectivity index (χ0v) is 20.6. The van der Waals surface area contributed by atoms with Gasteiger partial charge in [0.1, 0.15) is 12.1 Å². The van der Waals surface area contributed by atoms with Crippen molar-refractivity contribution in [1.29, 1.82) is 0 Å². The number of rotatable bonds is 7. The van der Waals surface area contributed by atoms with E-state index in [4.69, 9.17) is 9.47 Å². The summed E-state index contributed by atoms with van der Waals surface area (Å²) in [4.78, 5) is 66.5. The summed E-state index contributed by atoms with van der Waals surface area (Å²) in [6.45, 7) is 10.1. The molecule has 10 heteroatoms. The number of Topliss-reactive ketones (excluding diaryl/α,β-unsaturated/α-hetero) is 1. The number of urea groups is 1. The second-order valence-corrected chi connectivity index (χ2v) is 10.2. The van der Waals surface area contributed by atoms with Crippen molar-refractivity contribution in [1.82, 2.24) is 15.2 Å². The Bertz CT molecular complexity index is 1040. The van der Waals surface area contributed by atoms with Crippen LogP contribution in [0.25, 0.3) is 0 Å². The summed E-state index contributed by atoms with van der Waals surface area (Å²) >= 11 is 0. The minimum atomic E-state index is -1.02. The maximum Gasteiger partial charge on any atom is 0.340 e. The second kappa shape index (κ2) is 9.23. The average Bonchev–Trinajstić information content (AvgIpc) is 3.12. The number of aromatic amines is 1. The Morgan fingerprint density at radius 1 is 1.12 bits per heavy atom. The van der Waals surface area contributed by atoms with E-state index in [0.717, 1.165) is 11.3 Å². The van der Waals surface area contributed by atoms with Gasteiger partial charge in [-0.05, 0) is 56.9 Å². The number of ketones is 1. The Morgan fingerprint density at radius 3 is 2.41 bits per heavy atom. The zero-order valence-electron chi connectivity index (χ0n) is 20.6. The fraction of sp³-hybridized carbons (Fsp3) is 0.625. The van der Waals surface area contributed by atoms with E-state index in [2.05, 4.69) is 24.1 Å². The first-order chi connectivity index (χ1) is 15.8. The van der Waals surface area contributed by atoms with Crippen molar-refractivity contribution in [3.8, 4) is 0 Å². The van der Waals surface area contributed by atoms with Crippen LogP contribution in [0.15, 0.2) is 0 Å². The molecule has 34 heavy (non-hydrogen) atoms. The molecule has 3 amide bonds. The molecule has 0 radical (unpaired) electrons. The first-order valence-electron chi connectivity index (χ1n) is 11.5. The van der Waals surface area contributed by atoms with Crippen molar-refractivity contribution in [3.05, 3.63) is 22.5 Å². The van der Waals surface area contributed by atoms with Gasteiger partial charge in [-0.2, -0.15) is 0 Å². The van der Waals surface area contributed by atoms with E-state index in [1.807, 2.05) is 6.92 Å². The number of hydrogen-bond acceptors (Lipinski definition) is 7. The summed E-state index contributed by atoms with van der Waals surface area (Å²) in [5.41, 5.74) is 0.142. The zero-order chi connectivity index (χ0) is 25.4. The largest absolute Gasteiger partial charge is 0.462 e. The van der Waals surface area contributed by atoms with E-state index in [9.17, 15) is 24.0 Å². The number of ether oxygens (including phenoxy) is 2. The molecule has 0 bridgehead atoms. The lowest BCUT2D eigenvalue weighted by atomic mass is 9.64. The number of nitrogens with zero attached hydrogens (tertiary/aromatic N) is 1. The molecule has 1 aliphatic heterocycles. The van der Waals surface area contributed by atoms with Gasteiger partial charge in [0.05, 0.1) is 17.9 Å². The van der Waals surface area contributed by atoms with Crippen LogP contribution in [0.3, 0.4) is 0 Å². The molecule has 1 aromatic heterocycles. The van der Waals surface area contributed by atoms with Crippen LogP contribution in [0.4, 0.5) is 4.79 Å². The Labute approximate surface area is 198 Å². The minimum Gasteiger partial charge on any atom is -0.462 e. The monoisotopic (exact) mass is 475 g/mol. The van der Waals surface area contributed by atoms with Crippen LogP contribution in [0.2, 0.25) is 0 Å². The van der Waals surface area contributed by atoms with Crippen LogP contribution in [0, 0.1) is 25.2 Å². The van der Waals surface area contributed by atoms with Gasteiger partial charge in [-0.3, -0.25) is 19.3 Å².